The van der Waals surface area contributed by atoms with Crippen molar-refractivity contribution in [2.24, 2.45) is 0 Å². The van der Waals surface area contributed by atoms with Crippen LogP contribution < -0.4 is 5.32 Å². The Morgan fingerprint density at radius 2 is 1.90 bits per heavy atom. The number of carbonyl (C=O) groups is 1. The Balaban J connectivity index is 0.00000200. The van der Waals surface area contributed by atoms with Crippen molar-refractivity contribution in [2.45, 2.75) is 17.9 Å². The number of amides is 1. The topological polar surface area (TPSA) is 66.5 Å². The predicted octanol–water partition coefficient (Wildman–Crippen LogP) is 0.946. The van der Waals surface area contributed by atoms with Crippen molar-refractivity contribution in [3.8, 4) is 0 Å². The highest BCUT2D eigenvalue weighted by Gasteiger charge is 2.21. The van der Waals surface area contributed by atoms with Crippen molar-refractivity contribution in [1.29, 1.82) is 0 Å². The average Bonchev–Trinajstić information content (AvgIpc) is 2.37. The second-order valence-corrected chi connectivity index (χ2v) is 6.92. The van der Waals surface area contributed by atoms with E-state index in [2.05, 4.69) is 5.32 Å². The maximum atomic E-state index is 12.3. The maximum Gasteiger partial charge on any atom is 0.253 e. The molecule has 1 saturated heterocycles. The van der Waals surface area contributed by atoms with Gasteiger partial charge in [-0.25, -0.2) is 8.42 Å². The fourth-order valence-corrected chi connectivity index (χ4v) is 2.77. The van der Waals surface area contributed by atoms with Gasteiger partial charge in [0.2, 0.25) is 0 Å². The molecule has 1 fully saturated rings. The van der Waals surface area contributed by atoms with Gasteiger partial charge in [0.15, 0.2) is 9.84 Å². The summed E-state index contributed by atoms with van der Waals surface area (Å²) in [6.07, 6.45) is 1.15. The molecule has 1 aromatic rings. The van der Waals surface area contributed by atoms with Gasteiger partial charge in [0.05, 0.1) is 4.90 Å². The van der Waals surface area contributed by atoms with Crippen LogP contribution in [0, 0.1) is 0 Å². The molecule has 0 unspecified atom stereocenters. The van der Waals surface area contributed by atoms with Crippen LogP contribution in [0.3, 0.4) is 0 Å². The number of hydrogen-bond acceptors (Lipinski definition) is 4. The number of piperazine rings is 1. The Morgan fingerprint density at radius 3 is 2.40 bits per heavy atom. The first kappa shape index (κ1) is 16.9. The SMILES string of the molecule is C[C@H]1CN(C(=O)c2ccc(S(C)(=O)=O)cc2)CCN1.Cl. The van der Waals surface area contributed by atoms with Gasteiger partial charge in [0.1, 0.15) is 0 Å². The molecule has 1 aliphatic rings. The molecule has 1 aromatic carbocycles. The molecule has 112 valence electrons. The lowest BCUT2D eigenvalue weighted by molar-refractivity contribution is 0.0709. The highest BCUT2D eigenvalue weighted by atomic mass is 35.5. The van der Waals surface area contributed by atoms with E-state index < -0.39 is 9.84 Å². The van der Waals surface area contributed by atoms with E-state index in [9.17, 15) is 13.2 Å². The number of nitrogens with one attached hydrogen (secondary N) is 1. The van der Waals surface area contributed by atoms with Crippen molar-refractivity contribution in [2.75, 3.05) is 25.9 Å². The summed E-state index contributed by atoms with van der Waals surface area (Å²) in [5, 5.41) is 3.27. The van der Waals surface area contributed by atoms with Crippen LogP contribution in [-0.4, -0.2) is 51.2 Å². The Morgan fingerprint density at radius 1 is 1.30 bits per heavy atom. The Hall–Kier alpha value is -1.11. The second-order valence-electron chi connectivity index (χ2n) is 4.90. The lowest BCUT2D eigenvalue weighted by Crippen LogP contribution is -2.51. The largest absolute Gasteiger partial charge is 0.336 e. The van der Waals surface area contributed by atoms with E-state index in [0.29, 0.717) is 18.7 Å². The lowest BCUT2D eigenvalue weighted by atomic mass is 10.1. The van der Waals surface area contributed by atoms with Crippen LogP contribution in [0.5, 0.6) is 0 Å². The van der Waals surface area contributed by atoms with Gasteiger partial charge in [-0.05, 0) is 31.2 Å². The highest BCUT2D eigenvalue weighted by molar-refractivity contribution is 7.90. The molecule has 0 saturated carbocycles. The molecule has 1 aliphatic heterocycles. The molecule has 1 heterocycles. The zero-order chi connectivity index (χ0) is 14.0. The molecule has 1 amide bonds. The van der Waals surface area contributed by atoms with Crippen molar-refractivity contribution >= 4 is 28.2 Å². The molecule has 0 bridgehead atoms. The van der Waals surface area contributed by atoms with E-state index in [4.69, 9.17) is 0 Å². The fraction of sp³-hybridized carbons (Fsp3) is 0.462. The smallest absolute Gasteiger partial charge is 0.253 e. The zero-order valence-corrected chi connectivity index (χ0v) is 13.1. The maximum absolute atomic E-state index is 12.3. The number of nitrogens with zero attached hydrogens (tertiary/aromatic N) is 1. The fourth-order valence-electron chi connectivity index (χ4n) is 2.14. The van der Waals surface area contributed by atoms with Crippen LogP contribution in [0.4, 0.5) is 0 Å². The van der Waals surface area contributed by atoms with Crippen molar-refractivity contribution in [3.63, 3.8) is 0 Å². The normalized spacial score (nSPS) is 19.3. The van der Waals surface area contributed by atoms with Crippen LogP contribution in [0.2, 0.25) is 0 Å². The van der Waals surface area contributed by atoms with E-state index in [1.165, 1.54) is 12.1 Å². The minimum absolute atomic E-state index is 0. The van der Waals surface area contributed by atoms with Crippen LogP contribution >= 0.6 is 12.4 Å². The number of halogens is 1. The van der Waals surface area contributed by atoms with Gasteiger partial charge in [-0.3, -0.25) is 4.79 Å². The number of hydrogen-bond donors (Lipinski definition) is 1. The molecular formula is C13H19ClN2O3S. The van der Waals surface area contributed by atoms with Crippen LogP contribution in [0.15, 0.2) is 29.2 Å². The number of carbonyl (C=O) groups excluding carboxylic acids is 1. The standard InChI is InChI=1S/C13H18N2O3S.ClH/c1-10-9-15(8-7-14-10)13(16)11-3-5-12(6-4-11)19(2,17)18;/h3-6,10,14H,7-9H2,1-2H3;1H/t10-;/m0./s1. The summed E-state index contributed by atoms with van der Waals surface area (Å²) >= 11 is 0. The molecule has 0 aromatic heterocycles. The third-order valence-electron chi connectivity index (χ3n) is 3.19. The quantitative estimate of drug-likeness (QED) is 0.881. The summed E-state index contributed by atoms with van der Waals surface area (Å²) in [7, 11) is -3.21. The average molecular weight is 319 g/mol. The van der Waals surface area contributed by atoms with Gasteiger partial charge in [0.25, 0.3) is 5.91 Å². The van der Waals surface area contributed by atoms with Crippen molar-refractivity contribution in [1.82, 2.24) is 10.2 Å². The molecule has 0 spiro atoms. The van der Waals surface area contributed by atoms with E-state index >= 15 is 0 Å². The summed E-state index contributed by atoms with van der Waals surface area (Å²) in [4.78, 5) is 14.3. The van der Waals surface area contributed by atoms with Crippen molar-refractivity contribution < 1.29 is 13.2 Å². The first-order valence-corrected chi connectivity index (χ1v) is 8.10. The molecule has 1 N–H and O–H groups in total. The van der Waals surface area contributed by atoms with E-state index in [-0.39, 0.29) is 29.3 Å². The molecular weight excluding hydrogens is 300 g/mol. The van der Waals surface area contributed by atoms with Crippen LogP contribution in [-0.2, 0) is 9.84 Å². The van der Waals surface area contributed by atoms with E-state index in [0.717, 1.165) is 12.8 Å². The van der Waals surface area contributed by atoms with Crippen molar-refractivity contribution in [3.05, 3.63) is 29.8 Å². The number of benzene rings is 1. The summed E-state index contributed by atoms with van der Waals surface area (Å²) in [6.45, 7) is 4.17. The summed E-state index contributed by atoms with van der Waals surface area (Å²) in [5.41, 5.74) is 0.529. The highest BCUT2D eigenvalue weighted by Crippen LogP contribution is 2.13. The third kappa shape index (κ3) is 3.94. The van der Waals surface area contributed by atoms with Crippen LogP contribution in [0.1, 0.15) is 17.3 Å². The monoisotopic (exact) mass is 318 g/mol. The van der Waals surface area contributed by atoms with Gasteiger partial charge >= 0.3 is 0 Å². The lowest BCUT2D eigenvalue weighted by Gasteiger charge is -2.32. The molecule has 5 nitrogen and oxygen atoms in total. The van der Waals surface area contributed by atoms with E-state index in [1.807, 2.05) is 6.92 Å². The Bertz CT molecular complexity index is 572. The molecule has 2 rings (SSSR count). The molecule has 0 aliphatic carbocycles. The molecule has 20 heavy (non-hydrogen) atoms. The van der Waals surface area contributed by atoms with E-state index in [1.54, 1.807) is 17.0 Å². The Kier molecular flexibility index (Phi) is 5.56. The van der Waals surface area contributed by atoms with Gasteiger partial charge in [-0.15, -0.1) is 12.4 Å². The number of sulfone groups is 1. The predicted molar refractivity (Wildman–Crippen MR) is 80.2 cm³/mol. The first-order chi connectivity index (χ1) is 8.88. The zero-order valence-electron chi connectivity index (χ0n) is 11.5. The Labute approximate surface area is 125 Å². The van der Waals surface area contributed by atoms with Gasteiger partial charge in [0, 0.05) is 37.5 Å². The third-order valence-corrected chi connectivity index (χ3v) is 4.31. The molecule has 0 radical (unpaired) electrons. The molecule has 1 atom stereocenters. The molecule has 7 heteroatoms. The number of rotatable bonds is 2. The minimum atomic E-state index is -3.21. The summed E-state index contributed by atoms with van der Waals surface area (Å²) in [6, 6.07) is 6.40. The van der Waals surface area contributed by atoms with Gasteiger partial charge < -0.3 is 10.2 Å². The summed E-state index contributed by atoms with van der Waals surface area (Å²) in [5.74, 6) is -0.0478. The second kappa shape index (κ2) is 6.56. The summed E-state index contributed by atoms with van der Waals surface area (Å²) < 4.78 is 22.7. The first-order valence-electron chi connectivity index (χ1n) is 6.21. The van der Waals surface area contributed by atoms with Crippen LogP contribution in [0.25, 0.3) is 0 Å². The minimum Gasteiger partial charge on any atom is -0.336 e. The van der Waals surface area contributed by atoms with Gasteiger partial charge in [-0.1, -0.05) is 0 Å². The van der Waals surface area contributed by atoms with Gasteiger partial charge in [-0.2, -0.15) is 0 Å².